The number of nitriles is 1. The molecule has 4 rings (SSSR count). The first-order chi connectivity index (χ1) is 13.4. The molecule has 3 aromatic rings. The Balaban J connectivity index is 1.96. The van der Waals surface area contributed by atoms with Crippen LogP contribution in [0.1, 0.15) is 42.9 Å². The Bertz CT molecular complexity index is 1110. The van der Waals surface area contributed by atoms with E-state index in [1.54, 1.807) is 6.07 Å². The molecule has 0 saturated heterocycles. The molecule has 4 nitrogen and oxygen atoms in total. The molecular formula is C22H21ClFN3O. The third kappa shape index (κ3) is 3.03. The fourth-order valence-corrected chi connectivity index (χ4v) is 4.41. The summed E-state index contributed by atoms with van der Waals surface area (Å²) in [5.74, 6) is -0.549. The third-order valence-corrected chi connectivity index (χ3v) is 6.18. The van der Waals surface area contributed by atoms with Gasteiger partial charge >= 0.3 is 0 Å². The van der Waals surface area contributed by atoms with Gasteiger partial charge in [0.2, 0.25) is 0 Å². The summed E-state index contributed by atoms with van der Waals surface area (Å²) in [5.41, 5.74) is 9.72. The van der Waals surface area contributed by atoms with Crippen molar-refractivity contribution in [1.82, 2.24) is 4.57 Å². The molecule has 0 spiro atoms. The van der Waals surface area contributed by atoms with E-state index in [4.69, 9.17) is 17.3 Å². The van der Waals surface area contributed by atoms with Crippen LogP contribution in [0.4, 0.5) is 10.1 Å². The molecule has 144 valence electrons. The van der Waals surface area contributed by atoms with Crippen molar-refractivity contribution in [2.75, 3.05) is 5.73 Å². The lowest BCUT2D eigenvalue weighted by atomic mass is 9.93. The number of benzene rings is 2. The lowest BCUT2D eigenvalue weighted by Gasteiger charge is -2.27. The number of fused-ring (bicyclic) bond motifs is 1. The van der Waals surface area contributed by atoms with E-state index in [2.05, 4.69) is 10.6 Å². The van der Waals surface area contributed by atoms with E-state index < -0.39 is 5.82 Å². The summed E-state index contributed by atoms with van der Waals surface area (Å²) in [7, 11) is 0. The monoisotopic (exact) mass is 397 g/mol. The second kappa shape index (κ2) is 7.12. The lowest BCUT2D eigenvalue weighted by molar-refractivity contribution is 0.111. The van der Waals surface area contributed by atoms with Gasteiger partial charge < -0.3 is 15.4 Å². The number of nitrogen functional groups attached to an aromatic ring is 1. The standard InChI is InChI=1S/C22H21ClFN3O/c1-12-8-20-17(9-13(12)10-25)18(16-6-7-19(24)22(26)21(16)23)11-27(20)14-2-4-15(28)5-3-14/h6-9,11,14-15,28H,2-5,26H2,1H3/t14-,15+. The zero-order valence-electron chi connectivity index (χ0n) is 15.5. The first-order valence-corrected chi connectivity index (χ1v) is 9.75. The van der Waals surface area contributed by atoms with E-state index in [0.29, 0.717) is 11.1 Å². The largest absolute Gasteiger partial charge is 0.395 e. The quantitative estimate of drug-likeness (QED) is 0.573. The molecule has 3 N–H and O–H groups in total. The van der Waals surface area contributed by atoms with Gasteiger partial charge in [-0.1, -0.05) is 11.6 Å². The van der Waals surface area contributed by atoms with Crippen molar-refractivity contribution >= 4 is 28.2 Å². The van der Waals surface area contributed by atoms with E-state index in [0.717, 1.165) is 47.7 Å². The van der Waals surface area contributed by atoms with Crippen molar-refractivity contribution < 1.29 is 9.50 Å². The number of hydrogen-bond acceptors (Lipinski definition) is 3. The van der Waals surface area contributed by atoms with Gasteiger partial charge in [-0.25, -0.2) is 4.39 Å². The number of aromatic nitrogens is 1. The van der Waals surface area contributed by atoms with Crippen LogP contribution >= 0.6 is 11.6 Å². The van der Waals surface area contributed by atoms with Crippen molar-refractivity contribution in [3.63, 3.8) is 0 Å². The molecule has 28 heavy (non-hydrogen) atoms. The van der Waals surface area contributed by atoms with Gasteiger partial charge in [-0.3, -0.25) is 0 Å². The minimum atomic E-state index is -0.549. The van der Waals surface area contributed by atoms with Gasteiger partial charge in [0.1, 0.15) is 5.82 Å². The molecule has 6 heteroatoms. The number of aliphatic hydroxyl groups excluding tert-OH is 1. The predicted molar refractivity (Wildman–Crippen MR) is 110 cm³/mol. The average molecular weight is 398 g/mol. The molecule has 0 radical (unpaired) electrons. The third-order valence-electron chi connectivity index (χ3n) is 5.78. The second-order valence-corrected chi connectivity index (χ2v) is 7.91. The summed E-state index contributed by atoms with van der Waals surface area (Å²) in [4.78, 5) is 0. The smallest absolute Gasteiger partial charge is 0.147 e. The van der Waals surface area contributed by atoms with Gasteiger partial charge in [0.15, 0.2) is 0 Å². The predicted octanol–water partition coefficient (Wildman–Crippen LogP) is 5.34. The van der Waals surface area contributed by atoms with E-state index >= 15 is 0 Å². The number of rotatable bonds is 2. The Labute approximate surface area is 167 Å². The van der Waals surface area contributed by atoms with Crippen LogP contribution in [0.25, 0.3) is 22.0 Å². The molecule has 0 unspecified atom stereocenters. The van der Waals surface area contributed by atoms with Gasteiger partial charge in [0, 0.05) is 34.3 Å². The Kier molecular flexibility index (Phi) is 4.78. The van der Waals surface area contributed by atoms with E-state index in [-0.39, 0.29) is 22.9 Å². The number of nitrogens with two attached hydrogens (primary N) is 1. The van der Waals surface area contributed by atoms with Gasteiger partial charge in [-0.15, -0.1) is 0 Å². The first kappa shape index (κ1) is 18.8. The molecule has 2 aromatic carbocycles. The maximum Gasteiger partial charge on any atom is 0.147 e. The summed E-state index contributed by atoms with van der Waals surface area (Å²) >= 11 is 6.38. The van der Waals surface area contributed by atoms with E-state index in [1.165, 1.54) is 6.07 Å². The molecule has 0 amide bonds. The first-order valence-electron chi connectivity index (χ1n) is 9.38. The van der Waals surface area contributed by atoms with Gasteiger partial charge in [-0.05, 0) is 62.4 Å². The van der Waals surface area contributed by atoms with Gasteiger partial charge in [0.25, 0.3) is 0 Å². The van der Waals surface area contributed by atoms with Crippen molar-refractivity contribution in [1.29, 1.82) is 5.26 Å². The van der Waals surface area contributed by atoms with Crippen molar-refractivity contribution in [3.05, 3.63) is 52.4 Å². The Morgan fingerprint density at radius 2 is 1.93 bits per heavy atom. The van der Waals surface area contributed by atoms with Crippen molar-refractivity contribution in [2.45, 2.75) is 44.8 Å². The Morgan fingerprint density at radius 3 is 2.61 bits per heavy atom. The molecule has 1 fully saturated rings. The average Bonchev–Trinajstić information content (AvgIpc) is 3.04. The van der Waals surface area contributed by atoms with Gasteiger partial charge in [-0.2, -0.15) is 5.26 Å². The zero-order valence-corrected chi connectivity index (χ0v) is 16.3. The van der Waals surface area contributed by atoms with Gasteiger partial charge in [0.05, 0.1) is 28.4 Å². The van der Waals surface area contributed by atoms with Crippen LogP contribution in [0.2, 0.25) is 5.02 Å². The van der Waals surface area contributed by atoms with Crippen LogP contribution in [0, 0.1) is 24.1 Å². The highest BCUT2D eigenvalue weighted by Gasteiger charge is 2.24. The van der Waals surface area contributed by atoms with Crippen molar-refractivity contribution in [2.24, 2.45) is 0 Å². The normalized spacial score (nSPS) is 19.7. The number of anilines is 1. The number of nitrogens with zero attached hydrogens (tertiary/aromatic N) is 2. The van der Waals surface area contributed by atoms with Crippen LogP contribution in [0.5, 0.6) is 0 Å². The number of aryl methyl sites for hydroxylation is 1. The molecule has 1 heterocycles. The summed E-state index contributed by atoms with van der Waals surface area (Å²) in [6.45, 7) is 1.92. The van der Waals surface area contributed by atoms with Crippen LogP contribution in [0.3, 0.4) is 0 Å². The maximum absolute atomic E-state index is 13.8. The topological polar surface area (TPSA) is 75.0 Å². The second-order valence-electron chi connectivity index (χ2n) is 7.53. The summed E-state index contributed by atoms with van der Waals surface area (Å²) in [6, 6.07) is 9.32. The highest BCUT2D eigenvalue weighted by Crippen LogP contribution is 2.42. The fraction of sp³-hybridized carbons (Fsp3) is 0.318. The summed E-state index contributed by atoms with van der Waals surface area (Å²) < 4.78 is 16.0. The molecular weight excluding hydrogens is 377 g/mol. The van der Waals surface area contributed by atoms with Crippen LogP contribution in [-0.4, -0.2) is 15.8 Å². The minimum Gasteiger partial charge on any atom is -0.395 e. The molecule has 1 aliphatic carbocycles. The van der Waals surface area contributed by atoms with Crippen LogP contribution in [0.15, 0.2) is 30.5 Å². The van der Waals surface area contributed by atoms with E-state index in [9.17, 15) is 14.8 Å². The highest BCUT2D eigenvalue weighted by molar-refractivity contribution is 6.36. The lowest BCUT2D eigenvalue weighted by Crippen LogP contribution is -2.20. The molecule has 1 saturated carbocycles. The van der Waals surface area contributed by atoms with Crippen molar-refractivity contribution in [3.8, 4) is 17.2 Å². The number of halogens is 2. The fourth-order valence-electron chi connectivity index (χ4n) is 4.15. The molecule has 1 aliphatic rings. The number of hydrogen-bond donors (Lipinski definition) is 2. The number of aliphatic hydroxyl groups is 1. The Morgan fingerprint density at radius 1 is 1.21 bits per heavy atom. The zero-order chi connectivity index (χ0) is 20.0. The van der Waals surface area contributed by atoms with Crippen LogP contribution in [-0.2, 0) is 0 Å². The Hall–Kier alpha value is -2.55. The summed E-state index contributed by atoms with van der Waals surface area (Å²) in [5, 5.41) is 20.4. The SMILES string of the molecule is Cc1cc2c(cc1C#N)c(-c1ccc(F)c(N)c1Cl)cn2[C@H]1CC[C@@H](O)CC1. The maximum atomic E-state index is 13.8. The van der Waals surface area contributed by atoms with E-state index in [1.807, 2.05) is 25.3 Å². The molecule has 1 aromatic heterocycles. The highest BCUT2D eigenvalue weighted by atomic mass is 35.5. The van der Waals surface area contributed by atoms with Crippen LogP contribution < -0.4 is 5.73 Å². The summed E-state index contributed by atoms with van der Waals surface area (Å²) in [6.07, 6.45) is 5.06. The molecule has 0 aliphatic heterocycles. The molecule has 0 atom stereocenters. The minimum absolute atomic E-state index is 0.0755. The molecule has 0 bridgehead atoms.